The lowest BCUT2D eigenvalue weighted by Crippen LogP contribution is -2.44. The fourth-order valence-electron chi connectivity index (χ4n) is 8.12. The van der Waals surface area contributed by atoms with Crippen molar-refractivity contribution in [2.24, 2.45) is 0 Å². The van der Waals surface area contributed by atoms with Gasteiger partial charge in [0.25, 0.3) is 12.6 Å². The van der Waals surface area contributed by atoms with E-state index in [1.54, 1.807) is 48.5 Å². The van der Waals surface area contributed by atoms with Gasteiger partial charge in [-0.3, -0.25) is 0 Å². The Kier molecular flexibility index (Phi) is 28.9. The molecule has 0 amide bonds. The third kappa shape index (κ3) is 24.4. The summed E-state index contributed by atoms with van der Waals surface area (Å²) in [6, 6.07) is 25.0. The lowest BCUT2D eigenvalue weighted by Gasteiger charge is -2.30. The van der Waals surface area contributed by atoms with Gasteiger partial charge in [0.05, 0.1) is 61.9 Å². The smallest absolute Gasteiger partial charge is 0.343 e. The van der Waals surface area contributed by atoms with Crippen molar-refractivity contribution >= 4 is 35.8 Å². The molecule has 0 spiro atoms. The molecule has 0 radical (unpaired) electrons. The molecule has 16 heteroatoms. The van der Waals surface area contributed by atoms with Crippen LogP contribution >= 0.6 is 0 Å². The summed E-state index contributed by atoms with van der Waals surface area (Å²) in [5.41, 5.74) is 0.894. The van der Waals surface area contributed by atoms with Gasteiger partial charge in [0.2, 0.25) is 0 Å². The van der Waals surface area contributed by atoms with Crippen LogP contribution in [-0.2, 0) is 38.0 Å². The Morgan fingerprint density at radius 2 is 0.615 bits per heavy atom. The summed E-state index contributed by atoms with van der Waals surface area (Å²) in [5.74, 6) is -1.75. The van der Waals surface area contributed by atoms with E-state index in [9.17, 15) is 28.8 Å². The number of hydrogen-bond acceptors (Lipinski definition) is 16. The van der Waals surface area contributed by atoms with Gasteiger partial charge >= 0.3 is 35.8 Å². The van der Waals surface area contributed by atoms with Crippen molar-refractivity contribution in [2.45, 2.75) is 141 Å². The minimum Gasteiger partial charge on any atom is -0.494 e. The summed E-state index contributed by atoms with van der Waals surface area (Å²) in [6.07, 6.45) is 21.8. The van der Waals surface area contributed by atoms with Crippen LogP contribution in [0.4, 0.5) is 0 Å². The molecular formula is C62H76O16. The van der Waals surface area contributed by atoms with Gasteiger partial charge in [-0.05, 0) is 123 Å². The zero-order valence-corrected chi connectivity index (χ0v) is 44.9. The molecule has 0 N–H and O–H groups in total. The minimum atomic E-state index is -1.37. The first-order valence-corrected chi connectivity index (χ1v) is 27.5. The number of hydrogen-bond donors (Lipinski definition) is 0. The average molecular weight is 1080 g/mol. The van der Waals surface area contributed by atoms with Crippen molar-refractivity contribution in [1.29, 1.82) is 0 Å². The van der Waals surface area contributed by atoms with Crippen LogP contribution in [0, 0.1) is 0 Å². The number of ether oxygens (including phenoxy) is 10. The second-order valence-corrected chi connectivity index (χ2v) is 18.7. The van der Waals surface area contributed by atoms with Gasteiger partial charge in [0.1, 0.15) is 23.0 Å². The minimum absolute atomic E-state index is 0.0811. The van der Waals surface area contributed by atoms with Gasteiger partial charge in [-0.1, -0.05) is 116 Å². The monoisotopic (exact) mass is 1080 g/mol. The molecule has 2 atom stereocenters. The molecular weight excluding hydrogens is 1000 g/mol. The second kappa shape index (κ2) is 36.7. The Hall–Kier alpha value is -7.30. The van der Waals surface area contributed by atoms with Gasteiger partial charge in [-0.25, -0.2) is 28.8 Å². The van der Waals surface area contributed by atoms with Crippen molar-refractivity contribution in [1.82, 2.24) is 0 Å². The summed E-state index contributed by atoms with van der Waals surface area (Å²) in [6.45, 7) is 9.03. The molecule has 4 aromatic rings. The average Bonchev–Trinajstić information content (AvgIpc) is 3.46. The molecule has 0 bridgehead atoms. The Morgan fingerprint density at radius 1 is 0.359 bits per heavy atom. The zero-order chi connectivity index (χ0) is 55.4. The van der Waals surface area contributed by atoms with E-state index in [0.29, 0.717) is 49.1 Å². The molecule has 0 saturated carbocycles. The van der Waals surface area contributed by atoms with Crippen LogP contribution in [0.15, 0.2) is 122 Å². The number of benzene rings is 4. The predicted molar refractivity (Wildman–Crippen MR) is 292 cm³/mol. The summed E-state index contributed by atoms with van der Waals surface area (Å²) < 4.78 is 55.0. The highest BCUT2D eigenvalue weighted by molar-refractivity contribution is 5.93. The standard InChI is InChI=1S/C62H76O16/c1-3-55(63)71-43-23-19-15-11-7-5-9-13-17-21-41-69-51-33-25-47(26-34-51)57(65)75-53-37-29-49(30-38-53)59(67)77-61-62(74-46-45-73-61)78-60(68)50-31-39-54(40-32-50)76-58(66)48-27-35-52(36-28-48)70-42-22-18-14-10-6-8-12-16-20-24-44-72-56(64)4-2/h3-4,25-40,61-62H,1-2,5-24,41-46H2. The molecule has 1 aliphatic rings. The normalized spacial score (nSPS) is 13.8. The Balaban J connectivity index is 0.920. The summed E-state index contributed by atoms with van der Waals surface area (Å²) >= 11 is 0. The number of rotatable bonds is 38. The summed E-state index contributed by atoms with van der Waals surface area (Å²) in [5, 5.41) is 0. The lowest BCUT2D eigenvalue weighted by atomic mass is 10.1. The zero-order valence-electron chi connectivity index (χ0n) is 44.9. The Labute approximate surface area is 458 Å². The lowest BCUT2D eigenvalue weighted by molar-refractivity contribution is -0.288. The van der Waals surface area contributed by atoms with Crippen LogP contribution in [0.25, 0.3) is 0 Å². The van der Waals surface area contributed by atoms with Crippen molar-refractivity contribution in [3.8, 4) is 23.0 Å². The molecule has 78 heavy (non-hydrogen) atoms. The molecule has 1 saturated heterocycles. The van der Waals surface area contributed by atoms with E-state index in [4.69, 9.17) is 47.4 Å². The van der Waals surface area contributed by atoms with E-state index < -0.39 is 36.5 Å². The first-order chi connectivity index (χ1) is 38.1. The highest BCUT2D eigenvalue weighted by Crippen LogP contribution is 2.23. The van der Waals surface area contributed by atoms with Crippen molar-refractivity contribution in [2.75, 3.05) is 39.6 Å². The fraction of sp³-hybridized carbons (Fsp3) is 0.452. The maximum Gasteiger partial charge on any atom is 0.343 e. The first-order valence-electron chi connectivity index (χ1n) is 27.5. The van der Waals surface area contributed by atoms with E-state index in [-0.39, 0.29) is 47.8 Å². The molecule has 420 valence electrons. The van der Waals surface area contributed by atoms with Gasteiger partial charge in [0.15, 0.2) is 0 Å². The van der Waals surface area contributed by atoms with Crippen molar-refractivity contribution in [3.63, 3.8) is 0 Å². The van der Waals surface area contributed by atoms with Crippen LogP contribution < -0.4 is 18.9 Å². The topological polar surface area (TPSA) is 195 Å². The van der Waals surface area contributed by atoms with Crippen LogP contribution in [0.3, 0.4) is 0 Å². The maximum atomic E-state index is 13.1. The SMILES string of the molecule is C=CC(=O)OCCCCCCCCCCCCOc1ccc(C(=O)Oc2ccc(C(=O)OC3OCCOC3OC(=O)c3ccc(OC(=O)c4ccc(OCCCCCCCCCCCCOC(=O)C=C)cc4)cc3)cc2)cc1. The number of esters is 6. The van der Waals surface area contributed by atoms with E-state index in [1.807, 2.05) is 0 Å². The molecule has 4 aromatic carbocycles. The second-order valence-electron chi connectivity index (χ2n) is 18.7. The fourth-order valence-corrected chi connectivity index (χ4v) is 8.12. The highest BCUT2D eigenvalue weighted by Gasteiger charge is 2.34. The van der Waals surface area contributed by atoms with Gasteiger partial charge in [-0.2, -0.15) is 0 Å². The molecule has 5 rings (SSSR count). The van der Waals surface area contributed by atoms with Crippen LogP contribution in [0.5, 0.6) is 23.0 Å². The molecule has 1 heterocycles. The van der Waals surface area contributed by atoms with Gasteiger partial charge in [0, 0.05) is 12.2 Å². The third-order valence-electron chi connectivity index (χ3n) is 12.5. The summed E-state index contributed by atoms with van der Waals surface area (Å²) in [7, 11) is 0. The largest absolute Gasteiger partial charge is 0.494 e. The molecule has 1 fully saturated rings. The van der Waals surface area contributed by atoms with Gasteiger partial charge < -0.3 is 47.4 Å². The molecule has 16 nitrogen and oxygen atoms in total. The van der Waals surface area contributed by atoms with E-state index in [2.05, 4.69) is 13.2 Å². The molecule has 0 aromatic heterocycles. The van der Waals surface area contributed by atoms with Crippen molar-refractivity contribution in [3.05, 3.63) is 145 Å². The van der Waals surface area contributed by atoms with E-state index in [0.717, 1.165) is 77.0 Å². The van der Waals surface area contributed by atoms with E-state index >= 15 is 0 Å². The van der Waals surface area contributed by atoms with E-state index in [1.165, 1.54) is 112 Å². The predicted octanol–water partition coefficient (Wildman–Crippen LogP) is 12.9. The number of carbonyl (C=O) groups is 6. The maximum absolute atomic E-state index is 13.1. The molecule has 1 aliphatic heterocycles. The van der Waals surface area contributed by atoms with Gasteiger partial charge in [-0.15, -0.1) is 0 Å². The van der Waals surface area contributed by atoms with Crippen LogP contribution in [0.1, 0.15) is 170 Å². The molecule has 2 unspecified atom stereocenters. The Morgan fingerprint density at radius 3 is 0.910 bits per heavy atom. The highest BCUT2D eigenvalue weighted by atomic mass is 16.8. The van der Waals surface area contributed by atoms with Crippen molar-refractivity contribution < 1.29 is 76.1 Å². The first kappa shape index (κ1) is 61.6. The summed E-state index contributed by atoms with van der Waals surface area (Å²) in [4.78, 5) is 74.1. The van der Waals surface area contributed by atoms with Crippen LogP contribution in [-0.4, -0.2) is 88.0 Å². The quantitative estimate of drug-likeness (QED) is 0.0135. The third-order valence-corrected chi connectivity index (χ3v) is 12.5. The Bertz CT molecular complexity index is 2260. The van der Waals surface area contributed by atoms with Crippen LogP contribution in [0.2, 0.25) is 0 Å². The number of unbranched alkanes of at least 4 members (excludes halogenated alkanes) is 18. The number of carbonyl (C=O) groups excluding carboxylic acids is 6. The molecule has 0 aliphatic carbocycles.